The van der Waals surface area contributed by atoms with Crippen LogP contribution in [0.5, 0.6) is 0 Å². The average Bonchev–Trinajstić information content (AvgIpc) is 3.21. The van der Waals surface area contributed by atoms with Gasteiger partial charge in [-0.1, -0.05) is 12.1 Å². The number of amides is 1. The van der Waals surface area contributed by atoms with Crippen molar-refractivity contribution in [2.75, 3.05) is 31.5 Å². The monoisotopic (exact) mass is 271 g/mol. The van der Waals surface area contributed by atoms with Crippen LogP contribution in [0.3, 0.4) is 0 Å². The van der Waals surface area contributed by atoms with Crippen LogP contribution in [0.15, 0.2) is 18.2 Å². The molecule has 2 heterocycles. The molecule has 2 N–H and O–H groups in total. The number of nitrogens with zero attached hydrogens (tertiary/aromatic N) is 1. The quantitative estimate of drug-likeness (QED) is 0.876. The van der Waals surface area contributed by atoms with Crippen LogP contribution in [0.2, 0.25) is 0 Å². The molecule has 1 aliphatic carbocycles. The molecular weight excluding hydrogens is 250 g/mol. The van der Waals surface area contributed by atoms with Gasteiger partial charge in [0.25, 0.3) is 0 Å². The van der Waals surface area contributed by atoms with Crippen LogP contribution >= 0.6 is 0 Å². The molecule has 1 aromatic carbocycles. The largest absolute Gasteiger partial charge is 0.326 e. The van der Waals surface area contributed by atoms with Crippen molar-refractivity contribution in [2.45, 2.75) is 25.3 Å². The fourth-order valence-electron chi connectivity index (χ4n) is 3.59. The summed E-state index contributed by atoms with van der Waals surface area (Å²) in [5.41, 5.74) is 3.59. The van der Waals surface area contributed by atoms with Crippen molar-refractivity contribution >= 4 is 11.6 Å². The van der Waals surface area contributed by atoms with Crippen molar-refractivity contribution in [3.63, 3.8) is 0 Å². The number of rotatable bonds is 3. The van der Waals surface area contributed by atoms with E-state index >= 15 is 0 Å². The summed E-state index contributed by atoms with van der Waals surface area (Å²) >= 11 is 0. The topological polar surface area (TPSA) is 44.4 Å². The predicted molar refractivity (Wildman–Crippen MR) is 78.7 cm³/mol. The smallest absolute Gasteiger partial charge is 0.228 e. The van der Waals surface area contributed by atoms with Gasteiger partial charge in [-0.2, -0.15) is 0 Å². The molecule has 1 saturated heterocycles. The molecule has 106 valence electrons. The molecule has 4 rings (SSSR count). The third kappa shape index (κ3) is 2.23. The first-order valence-corrected chi connectivity index (χ1v) is 7.69. The van der Waals surface area contributed by atoms with Crippen LogP contribution in [-0.4, -0.2) is 37.0 Å². The molecule has 0 aromatic heterocycles. The number of carbonyl (C=O) groups excluding carboxylic acids is 1. The zero-order chi connectivity index (χ0) is 13.5. The van der Waals surface area contributed by atoms with Gasteiger partial charge in [-0.15, -0.1) is 0 Å². The Balaban J connectivity index is 1.63. The molecule has 2 aliphatic heterocycles. The van der Waals surface area contributed by atoms with E-state index in [1.807, 2.05) is 0 Å². The Bertz CT molecular complexity index is 533. The van der Waals surface area contributed by atoms with Crippen molar-refractivity contribution in [3.8, 4) is 0 Å². The van der Waals surface area contributed by atoms with Gasteiger partial charge in [-0.25, -0.2) is 0 Å². The van der Waals surface area contributed by atoms with E-state index in [4.69, 9.17) is 0 Å². The van der Waals surface area contributed by atoms with E-state index in [9.17, 15) is 4.79 Å². The maximum absolute atomic E-state index is 11.5. The molecule has 4 nitrogen and oxygen atoms in total. The van der Waals surface area contributed by atoms with Crippen LogP contribution in [0, 0.1) is 5.92 Å². The highest BCUT2D eigenvalue weighted by Gasteiger charge is 2.37. The van der Waals surface area contributed by atoms with E-state index in [2.05, 4.69) is 33.7 Å². The third-order valence-corrected chi connectivity index (χ3v) is 4.71. The van der Waals surface area contributed by atoms with E-state index < -0.39 is 0 Å². The van der Waals surface area contributed by atoms with E-state index in [0.717, 1.165) is 37.8 Å². The summed E-state index contributed by atoms with van der Waals surface area (Å²) in [6.45, 7) is 4.45. The minimum Gasteiger partial charge on any atom is -0.326 e. The molecule has 1 saturated carbocycles. The maximum Gasteiger partial charge on any atom is 0.228 e. The number of nitrogens with one attached hydrogen (secondary N) is 2. The lowest BCUT2D eigenvalue weighted by Gasteiger charge is -2.35. The van der Waals surface area contributed by atoms with Gasteiger partial charge >= 0.3 is 0 Å². The normalized spacial score (nSPS) is 24.3. The average molecular weight is 271 g/mol. The second kappa shape index (κ2) is 4.86. The lowest BCUT2D eigenvalue weighted by molar-refractivity contribution is -0.115. The van der Waals surface area contributed by atoms with Crippen LogP contribution in [0.4, 0.5) is 5.69 Å². The van der Waals surface area contributed by atoms with Gasteiger partial charge in [0.2, 0.25) is 5.91 Å². The minimum absolute atomic E-state index is 0.127. The zero-order valence-corrected chi connectivity index (χ0v) is 11.7. The molecular formula is C16H21N3O. The van der Waals surface area contributed by atoms with Crippen molar-refractivity contribution in [3.05, 3.63) is 29.3 Å². The number of benzene rings is 1. The molecule has 1 amide bonds. The molecule has 1 aromatic rings. The summed E-state index contributed by atoms with van der Waals surface area (Å²) < 4.78 is 0. The summed E-state index contributed by atoms with van der Waals surface area (Å²) in [5, 5.41) is 6.36. The fraction of sp³-hybridized carbons (Fsp3) is 0.562. The van der Waals surface area contributed by atoms with Gasteiger partial charge in [-0.05, 0) is 36.0 Å². The summed E-state index contributed by atoms with van der Waals surface area (Å²) in [6.07, 6.45) is 3.24. The van der Waals surface area contributed by atoms with E-state index in [-0.39, 0.29) is 5.91 Å². The number of anilines is 1. The standard InChI is InChI=1S/C16H21N3O/c20-15-10-13-9-12(3-4-14(13)18-15)16(11-1-2-11)19-7-5-17-6-8-19/h3-4,9,11,16-17H,1-2,5-8,10H2,(H,18,20). The van der Waals surface area contributed by atoms with Crippen LogP contribution in [-0.2, 0) is 11.2 Å². The summed E-state index contributed by atoms with van der Waals surface area (Å²) in [7, 11) is 0. The number of hydrogen-bond donors (Lipinski definition) is 2. The molecule has 0 bridgehead atoms. The van der Waals surface area contributed by atoms with Gasteiger partial charge in [0.05, 0.1) is 6.42 Å². The van der Waals surface area contributed by atoms with E-state index in [0.29, 0.717) is 12.5 Å². The highest BCUT2D eigenvalue weighted by atomic mass is 16.1. The summed E-state index contributed by atoms with van der Waals surface area (Å²) in [5.74, 6) is 0.943. The Morgan fingerprint density at radius 2 is 2.00 bits per heavy atom. The van der Waals surface area contributed by atoms with Crippen molar-refractivity contribution in [1.82, 2.24) is 10.2 Å². The van der Waals surface area contributed by atoms with Gasteiger partial charge in [-0.3, -0.25) is 9.69 Å². The predicted octanol–water partition coefficient (Wildman–Crippen LogP) is 1.54. The second-order valence-electron chi connectivity index (χ2n) is 6.21. The molecule has 4 heteroatoms. The van der Waals surface area contributed by atoms with E-state index in [1.54, 1.807) is 0 Å². The maximum atomic E-state index is 11.5. The number of fused-ring (bicyclic) bond motifs is 1. The molecule has 1 atom stereocenters. The van der Waals surface area contributed by atoms with Crippen LogP contribution < -0.4 is 10.6 Å². The Morgan fingerprint density at radius 1 is 1.20 bits per heavy atom. The highest BCUT2D eigenvalue weighted by molar-refractivity contribution is 5.99. The Kier molecular flexibility index (Phi) is 3.00. The second-order valence-corrected chi connectivity index (χ2v) is 6.21. The molecule has 0 spiro atoms. The first-order valence-electron chi connectivity index (χ1n) is 7.69. The summed E-state index contributed by atoms with van der Waals surface area (Å²) in [6, 6.07) is 7.12. The number of piperazine rings is 1. The molecule has 3 aliphatic rings. The fourth-order valence-corrected chi connectivity index (χ4v) is 3.59. The zero-order valence-electron chi connectivity index (χ0n) is 11.7. The lowest BCUT2D eigenvalue weighted by atomic mass is 9.97. The summed E-state index contributed by atoms with van der Waals surface area (Å²) in [4.78, 5) is 14.1. The molecule has 20 heavy (non-hydrogen) atoms. The molecule has 2 fully saturated rings. The lowest BCUT2D eigenvalue weighted by Crippen LogP contribution is -2.45. The van der Waals surface area contributed by atoms with Crippen LogP contribution in [0.25, 0.3) is 0 Å². The van der Waals surface area contributed by atoms with Crippen molar-refractivity contribution in [2.24, 2.45) is 5.92 Å². The Hall–Kier alpha value is -1.39. The molecule has 1 unspecified atom stereocenters. The highest BCUT2D eigenvalue weighted by Crippen LogP contribution is 2.45. The number of carbonyl (C=O) groups is 1. The Morgan fingerprint density at radius 3 is 2.75 bits per heavy atom. The third-order valence-electron chi connectivity index (χ3n) is 4.71. The molecule has 0 radical (unpaired) electrons. The van der Waals surface area contributed by atoms with Gasteiger partial charge in [0.15, 0.2) is 0 Å². The number of hydrogen-bond acceptors (Lipinski definition) is 3. The SMILES string of the molecule is O=C1Cc2cc(C(C3CC3)N3CCNCC3)ccc2N1. The van der Waals surface area contributed by atoms with Gasteiger partial charge in [0, 0.05) is 37.9 Å². The minimum atomic E-state index is 0.127. The van der Waals surface area contributed by atoms with Crippen molar-refractivity contribution in [1.29, 1.82) is 0 Å². The Labute approximate surface area is 119 Å². The first kappa shape index (κ1) is 12.4. The first-order chi connectivity index (χ1) is 9.81. The van der Waals surface area contributed by atoms with E-state index in [1.165, 1.54) is 24.0 Å². The van der Waals surface area contributed by atoms with Crippen LogP contribution in [0.1, 0.15) is 30.0 Å². The van der Waals surface area contributed by atoms with Gasteiger partial charge in [0.1, 0.15) is 0 Å². The van der Waals surface area contributed by atoms with Crippen molar-refractivity contribution < 1.29 is 4.79 Å². The van der Waals surface area contributed by atoms with Gasteiger partial charge < -0.3 is 10.6 Å².